The fourth-order valence-electron chi connectivity index (χ4n) is 2.33. The summed E-state index contributed by atoms with van der Waals surface area (Å²) in [5.41, 5.74) is 1.30. The van der Waals surface area contributed by atoms with E-state index in [-0.39, 0.29) is 5.56 Å². The molecule has 0 aromatic heterocycles. The van der Waals surface area contributed by atoms with Crippen molar-refractivity contribution in [2.45, 2.75) is 18.6 Å². The van der Waals surface area contributed by atoms with Crippen molar-refractivity contribution in [1.82, 2.24) is 0 Å². The Balaban J connectivity index is 1.87. The number of benzene rings is 2. The summed E-state index contributed by atoms with van der Waals surface area (Å²) in [5, 5.41) is 10.3. The summed E-state index contributed by atoms with van der Waals surface area (Å²) in [6.07, 6.45) is -0.838. The molecule has 2 unspecified atom stereocenters. The Hall–Kier alpha value is -1.39. The zero-order valence-electron chi connectivity index (χ0n) is 10.0. The first-order valence-electron chi connectivity index (χ1n) is 6.03. The third kappa shape index (κ3) is 2.38. The lowest BCUT2D eigenvalue weighted by molar-refractivity contribution is 0.0467. The van der Waals surface area contributed by atoms with Gasteiger partial charge in [-0.1, -0.05) is 34.1 Å². The van der Waals surface area contributed by atoms with Gasteiger partial charge in [0.1, 0.15) is 23.8 Å². The van der Waals surface area contributed by atoms with Crippen molar-refractivity contribution in [3.8, 4) is 5.75 Å². The molecule has 3 rings (SSSR count). The van der Waals surface area contributed by atoms with E-state index in [9.17, 15) is 9.50 Å². The summed E-state index contributed by atoms with van der Waals surface area (Å²) in [6, 6.07) is 12.2. The van der Waals surface area contributed by atoms with Crippen LogP contribution >= 0.6 is 15.9 Å². The highest BCUT2D eigenvalue weighted by Gasteiger charge is 2.31. The van der Waals surface area contributed by atoms with Crippen LogP contribution < -0.4 is 4.74 Å². The van der Waals surface area contributed by atoms with E-state index in [0.29, 0.717) is 6.42 Å². The van der Waals surface area contributed by atoms with Gasteiger partial charge in [-0.25, -0.2) is 4.39 Å². The van der Waals surface area contributed by atoms with Gasteiger partial charge in [-0.3, -0.25) is 0 Å². The molecule has 2 atom stereocenters. The molecule has 0 spiro atoms. The van der Waals surface area contributed by atoms with Gasteiger partial charge in [0.05, 0.1) is 0 Å². The fraction of sp³-hybridized carbons (Fsp3) is 0.200. The Kier molecular flexibility index (Phi) is 3.29. The molecule has 0 amide bonds. The molecule has 0 aliphatic carbocycles. The molecule has 1 aliphatic heterocycles. The number of ether oxygens (including phenoxy) is 1. The van der Waals surface area contributed by atoms with Gasteiger partial charge in [-0.05, 0) is 29.8 Å². The first-order valence-corrected chi connectivity index (χ1v) is 6.82. The molecule has 0 fully saturated rings. The highest BCUT2D eigenvalue weighted by atomic mass is 79.9. The van der Waals surface area contributed by atoms with Gasteiger partial charge in [-0.2, -0.15) is 0 Å². The Bertz CT molecular complexity index is 590. The van der Waals surface area contributed by atoms with E-state index in [1.807, 2.05) is 24.3 Å². The maximum absolute atomic E-state index is 13.8. The predicted molar refractivity (Wildman–Crippen MR) is 73.6 cm³/mol. The van der Waals surface area contributed by atoms with E-state index >= 15 is 0 Å². The third-order valence-electron chi connectivity index (χ3n) is 3.30. The molecule has 19 heavy (non-hydrogen) atoms. The smallest absolute Gasteiger partial charge is 0.133 e. The van der Waals surface area contributed by atoms with Crippen molar-refractivity contribution in [1.29, 1.82) is 0 Å². The molecule has 0 radical (unpaired) electrons. The lowest BCUT2D eigenvalue weighted by atomic mass is 10.00. The van der Waals surface area contributed by atoms with Crippen molar-refractivity contribution < 1.29 is 14.2 Å². The van der Waals surface area contributed by atoms with Crippen molar-refractivity contribution >= 4 is 15.9 Å². The van der Waals surface area contributed by atoms with E-state index in [0.717, 1.165) is 15.8 Å². The molecular weight excluding hydrogens is 311 g/mol. The monoisotopic (exact) mass is 322 g/mol. The second kappa shape index (κ2) is 4.94. The minimum Gasteiger partial charge on any atom is -0.487 e. The Morgan fingerprint density at radius 1 is 1.26 bits per heavy atom. The second-order valence-electron chi connectivity index (χ2n) is 4.58. The highest BCUT2D eigenvalue weighted by Crippen LogP contribution is 2.35. The van der Waals surface area contributed by atoms with Crippen LogP contribution in [0.4, 0.5) is 4.39 Å². The van der Waals surface area contributed by atoms with Crippen molar-refractivity contribution in [2.75, 3.05) is 0 Å². The van der Waals surface area contributed by atoms with E-state index in [4.69, 9.17) is 4.74 Å². The summed E-state index contributed by atoms with van der Waals surface area (Å²) in [7, 11) is 0. The topological polar surface area (TPSA) is 29.5 Å². The minimum atomic E-state index is -0.982. The normalized spacial score (nSPS) is 18.8. The lowest BCUT2D eigenvalue weighted by Crippen LogP contribution is -2.23. The number of halogens is 2. The molecule has 4 heteroatoms. The number of hydrogen-bond donors (Lipinski definition) is 1. The summed E-state index contributed by atoms with van der Waals surface area (Å²) >= 11 is 3.28. The molecular formula is C15H12BrFO2. The number of aliphatic hydroxyl groups excluding tert-OH is 1. The fourth-order valence-corrected chi connectivity index (χ4v) is 2.71. The SMILES string of the molecule is OC(c1cc(Br)ccc1F)C1Cc2ccccc2O1. The van der Waals surface area contributed by atoms with Gasteiger partial charge in [0, 0.05) is 16.5 Å². The number of aliphatic hydroxyl groups is 1. The highest BCUT2D eigenvalue weighted by molar-refractivity contribution is 9.10. The zero-order chi connectivity index (χ0) is 13.4. The second-order valence-corrected chi connectivity index (χ2v) is 5.49. The first kappa shape index (κ1) is 12.6. The van der Waals surface area contributed by atoms with Gasteiger partial charge < -0.3 is 9.84 Å². The molecule has 1 N–H and O–H groups in total. The zero-order valence-corrected chi connectivity index (χ0v) is 11.6. The van der Waals surface area contributed by atoms with Gasteiger partial charge in [0.25, 0.3) is 0 Å². The average molecular weight is 323 g/mol. The molecule has 1 aliphatic rings. The average Bonchev–Trinajstić information content (AvgIpc) is 2.84. The minimum absolute atomic E-state index is 0.257. The third-order valence-corrected chi connectivity index (χ3v) is 3.79. The molecule has 2 nitrogen and oxygen atoms in total. The van der Waals surface area contributed by atoms with Crippen LogP contribution in [0.3, 0.4) is 0 Å². The van der Waals surface area contributed by atoms with Crippen LogP contribution in [0, 0.1) is 5.82 Å². The van der Waals surface area contributed by atoms with Gasteiger partial charge in [-0.15, -0.1) is 0 Å². The molecule has 0 bridgehead atoms. The van der Waals surface area contributed by atoms with Crippen LogP contribution in [-0.2, 0) is 6.42 Å². The van der Waals surface area contributed by atoms with Crippen molar-refractivity contribution in [3.63, 3.8) is 0 Å². The summed E-state index contributed by atoms with van der Waals surface area (Å²) in [4.78, 5) is 0. The number of para-hydroxylation sites is 1. The van der Waals surface area contributed by atoms with Gasteiger partial charge in [0.15, 0.2) is 0 Å². The van der Waals surface area contributed by atoms with Crippen LogP contribution in [0.5, 0.6) is 5.75 Å². The molecule has 2 aromatic carbocycles. The molecule has 2 aromatic rings. The van der Waals surface area contributed by atoms with Gasteiger partial charge >= 0.3 is 0 Å². The summed E-state index contributed by atoms with van der Waals surface area (Å²) < 4.78 is 20.2. The Morgan fingerprint density at radius 3 is 2.84 bits per heavy atom. The maximum atomic E-state index is 13.8. The molecule has 1 heterocycles. The largest absolute Gasteiger partial charge is 0.487 e. The summed E-state index contributed by atoms with van der Waals surface area (Å²) in [5.74, 6) is 0.345. The van der Waals surface area contributed by atoms with E-state index in [2.05, 4.69) is 15.9 Å². The standard InChI is InChI=1S/C15H12BrFO2/c16-10-5-6-12(17)11(8-10)15(18)14-7-9-3-1-2-4-13(9)19-14/h1-6,8,14-15,18H,7H2. The van der Waals surface area contributed by atoms with Crippen molar-refractivity contribution in [3.05, 3.63) is 63.9 Å². The number of fused-ring (bicyclic) bond motifs is 1. The maximum Gasteiger partial charge on any atom is 0.133 e. The van der Waals surface area contributed by atoms with Crippen molar-refractivity contribution in [2.24, 2.45) is 0 Å². The lowest BCUT2D eigenvalue weighted by Gasteiger charge is -2.19. The van der Waals surface area contributed by atoms with Gasteiger partial charge in [0.2, 0.25) is 0 Å². The van der Waals surface area contributed by atoms with E-state index in [1.54, 1.807) is 12.1 Å². The van der Waals surface area contributed by atoms with E-state index in [1.165, 1.54) is 6.07 Å². The molecule has 98 valence electrons. The first-order chi connectivity index (χ1) is 9.15. The van der Waals surface area contributed by atoms with Crippen LogP contribution in [0.25, 0.3) is 0 Å². The van der Waals surface area contributed by atoms with Crippen LogP contribution in [-0.4, -0.2) is 11.2 Å². The molecule has 0 saturated heterocycles. The molecule has 0 saturated carbocycles. The summed E-state index contributed by atoms with van der Waals surface area (Å²) in [6.45, 7) is 0. The number of hydrogen-bond acceptors (Lipinski definition) is 2. The van der Waals surface area contributed by atoms with Crippen LogP contribution in [0.1, 0.15) is 17.2 Å². The van der Waals surface area contributed by atoms with Crippen LogP contribution in [0.2, 0.25) is 0 Å². The number of rotatable bonds is 2. The van der Waals surface area contributed by atoms with Crippen LogP contribution in [0.15, 0.2) is 46.9 Å². The Labute approximate surface area is 119 Å². The predicted octanol–water partition coefficient (Wildman–Crippen LogP) is 3.63. The quantitative estimate of drug-likeness (QED) is 0.915. The Morgan fingerprint density at radius 2 is 2.05 bits per heavy atom. The van der Waals surface area contributed by atoms with E-state index < -0.39 is 18.0 Å².